The number of hydroxylamine groups is 1. The average molecular weight is 454 g/mol. The number of aromatic nitrogens is 1. The molecule has 0 aliphatic heterocycles. The number of pyridine rings is 1. The zero-order valence-corrected chi connectivity index (χ0v) is 18.9. The summed E-state index contributed by atoms with van der Waals surface area (Å²) in [6, 6.07) is 7.75. The molecule has 1 amide bonds. The summed E-state index contributed by atoms with van der Waals surface area (Å²) in [6.07, 6.45) is 2.70. The van der Waals surface area contributed by atoms with Crippen molar-refractivity contribution in [2.75, 3.05) is 13.8 Å². The molecule has 0 aliphatic rings. The number of hydrogen-bond acceptors (Lipinski definition) is 6. The predicted molar refractivity (Wildman–Crippen MR) is 113 cm³/mol. The fraction of sp³-hybridized carbons (Fsp3) is 0.429. The maximum absolute atomic E-state index is 13.5. The van der Waals surface area contributed by atoms with Crippen molar-refractivity contribution in [2.24, 2.45) is 0 Å². The smallest absolute Gasteiger partial charge is 0.262 e. The molecule has 1 heterocycles. The van der Waals surface area contributed by atoms with Gasteiger partial charge < -0.3 is 4.74 Å². The van der Waals surface area contributed by atoms with Crippen LogP contribution in [0.4, 0.5) is 4.39 Å². The molecule has 0 saturated heterocycles. The Morgan fingerprint density at radius 3 is 2.42 bits per heavy atom. The van der Waals surface area contributed by atoms with Crippen LogP contribution in [-0.4, -0.2) is 49.0 Å². The lowest BCUT2D eigenvalue weighted by Gasteiger charge is -2.30. The molecule has 170 valence electrons. The van der Waals surface area contributed by atoms with E-state index in [0.717, 1.165) is 4.31 Å². The minimum absolute atomic E-state index is 0.0504. The molecule has 0 fully saturated rings. The van der Waals surface area contributed by atoms with E-state index in [9.17, 15) is 17.6 Å². The van der Waals surface area contributed by atoms with Crippen LogP contribution in [-0.2, 0) is 26.2 Å². The van der Waals surface area contributed by atoms with Gasteiger partial charge in [0.25, 0.3) is 5.91 Å². The molecule has 0 spiro atoms. The molecule has 0 unspecified atom stereocenters. The Balaban J connectivity index is 2.46. The number of halogens is 1. The van der Waals surface area contributed by atoms with Gasteiger partial charge in [0.05, 0.1) is 24.3 Å². The molecular weight excluding hydrogens is 425 g/mol. The van der Waals surface area contributed by atoms with Crippen LogP contribution >= 0.6 is 0 Å². The van der Waals surface area contributed by atoms with Gasteiger partial charge in [0, 0.05) is 25.4 Å². The molecule has 0 aliphatic carbocycles. The number of methoxy groups -OCH3 is 1. The molecule has 8 nitrogen and oxygen atoms in total. The van der Waals surface area contributed by atoms with Gasteiger partial charge in [-0.25, -0.2) is 13.9 Å². The van der Waals surface area contributed by atoms with Gasteiger partial charge in [0.2, 0.25) is 10.0 Å². The van der Waals surface area contributed by atoms with Gasteiger partial charge in [-0.1, -0.05) is 6.07 Å². The number of rotatable bonds is 10. The Kier molecular flexibility index (Phi) is 8.49. The van der Waals surface area contributed by atoms with Crippen molar-refractivity contribution in [3.8, 4) is 5.75 Å². The number of nitrogens with zero attached hydrogens (tertiary/aromatic N) is 2. The Hall–Kier alpha value is -2.56. The number of amides is 1. The molecule has 1 aromatic carbocycles. The van der Waals surface area contributed by atoms with Crippen molar-refractivity contribution >= 4 is 15.9 Å². The van der Waals surface area contributed by atoms with E-state index in [0.29, 0.717) is 11.3 Å². The van der Waals surface area contributed by atoms with Gasteiger partial charge in [-0.2, -0.15) is 4.31 Å². The number of hydrogen-bond donors (Lipinski definition) is 1. The Bertz CT molecular complexity index is 947. The summed E-state index contributed by atoms with van der Waals surface area (Å²) in [5.41, 5.74) is 2.11. The maximum atomic E-state index is 13.5. The molecule has 0 saturated carbocycles. The lowest BCUT2D eigenvalue weighted by molar-refractivity contribution is -0.150. The van der Waals surface area contributed by atoms with Crippen molar-refractivity contribution in [3.63, 3.8) is 0 Å². The second-order valence-electron chi connectivity index (χ2n) is 7.76. The van der Waals surface area contributed by atoms with E-state index >= 15 is 0 Å². The summed E-state index contributed by atoms with van der Waals surface area (Å²) in [7, 11) is -2.71. The number of nitrogens with one attached hydrogen (secondary N) is 1. The highest BCUT2D eigenvalue weighted by molar-refractivity contribution is 7.89. The lowest BCUT2D eigenvalue weighted by atomic mass is 10.2. The fourth-order valence-electron chi connectivity index (χ4n) is 2.70. The highest BCUT2D eigenvalue weighted by Gasteiger charge is 2.36. The van der Waals surface area contributed by atoms with Crippen LogP contribution in [0.25, 0.3) is 0 Å². The second kappa shape index (κ2) is 10.7. The van der Waals surface area contributed by atoms with Crippen LogP contribution in [0.3, 0.4) is 0 Å². The zero-order valence-electron chi connectivity index (χ0n) is 18.0. The monoisotopic (exact) mass is 453 g/mol. The summed E-state index contributed by atoms with van der Waals surface area (Å²) >= 11 is 0. The van der Waals surface area contributed by atoms with Crippen molar-refractivity contribution in [2.45, 2.75) is 50.3 Å². The Morgan fingerprint density at radius 1 is 1.23 bits per heavy atom. The van der Waals surface area contributed by atoms with Crippen LogP contribution in [0.5, 0.6) is 5.75 Å². The first-order valence-electron chi connectivity index (χ1n) is 9.67. The number of carbonyl (C=O) groups excluding carboxylic acids is 1. The Labute approximate surface area is 182 Å². The van der Waals surface area contributed by atoms with Crippen LogP contribution in [0, 0.1) is 0 Å². The van der Waals surface area contributed by atoms with Gasteiger partial charge in [0.1, 0.15) is 11.8 Å². The summed E-state index contributed by atoms with van der Waals surface area (Å²) < 4.78 is 46.4. The third-order valence-electron chi connectivity index (χ3n) is 4.22. The van der Waals surface area contributed by atoms with E-state index in [1.807, 2.05) is 0 Å². The minimum atomic E-state index is -4.18. The largest absolute Gasteiger partial charge is 0.497 e. The average Bonchev–Trinajstić information content (AvgIpc) is 2.74. The molecule has 0 radical (unpaired) electrons. The summed E-state index contributed by atoms with van der Waals surface area (Å²) in [4.78, 5) is 22.1. The van der Waals surface area contributed by atoms with Gasteiger partial charge in [-0.05, 0) is 56.7 Å². The van der Waals surface area contributed by atoms with E-state index in [2.05, 4.69) is 10.5 Å². The van der Waals surface area contributed by atoms with Crippen LogP contribution in [0.2, 0.25) is 0 Å². The number of benzene rings is 1. The molecule has 31 heavy (non-hydrogen) atoms. The van der Waals surface area contributed by atoms with Gasteiger partial charge in [-0.15, -0.1) is 0 Å². The molecule has 0 bridgehead atoms. The summed E-state index contributed by atoms with van der Waals surface area (Å²) in [5, 5.41) is 0. The molecule has 2 aromatic rings. The van der Waals surface area contributed by atoms with E-state index in [4.69, 9.17) is 9.57 Å². The third-order valence-corrected chi connectivity index (χ3v) is 6.09. The highest BCUT2D eigenvalue weighted by atomic mass is 32.2. The maximum Gasteiger partial charge on any atom is 0.262 e. The number of sulfonamides is 1. The van der Waals surface area contributed by atoms with Crippen LogP contribution in [0.15, 0.2) is 53.7 Å². The number of alkyl halides is 1. The van der Waals surface area contributed by atoms with Crippen molar-refractivity contribution < 1.29 is 27.2 Å². The standard InChI is InChI=1S/C21H28FN3O5S/c1-21(2,3)30-24-20(26)19(11-12-22)25(15-16-6-5-13-23-14-16)31(27,28)18-9-7-17(29-4)8-10-18/h5-10,13-14,19H,11-12,15H2,1-4H3,(H,24,26)/t19-/m1/s1. The first-order valence-corrected chi connectivity index (χ1v) is 11.1. The van der Waals surface area contributed by atoms with E-state index in [-0.39, 0.29) is 17.9 Å². The second-order valence-corrected chi connectivity index (χ2v) is 9.65. The van der Waals surface area contributed by atoms with Gasteiger partial charge in [0.15, 0.2) is 0 Å². The first-order chi connectivity index (χ1) is 14.6. The zero-order chi connectivity index (χ0) is 23.1. The van der Waals surface area contributed by atoms with Crippen molar-refractivity contribution in [1.82, 2.24) is 14.8 Å². The fourth-order valence-corrected chi connectivity index (χ4v) is 4.30. The quantitative estimate of drug-likeness (QED) is 0.556. The van der Waals surface area contributed by atoms with Crippen molar-refractivity contribution in [3.05, 3.63) is 54.4 Å². The van der Waals surface area contributed by atoms with Gasteiger partial charge in [-0.3, -0.25) is 19.0 Å². The lowest BCUT2D eigenvalue weighted by Crippen LogP contribution is -2.50. The van der Waals surface area contributed by atoms with Crippen LogP contribution < -0.4 is 10.2 Å². The van der Waals surface area contributed by atoms with Crippen molar-refractivity contribution in [1.29, 1.82) is 0 Å². The van der Waals surface area contributed by atoms with Gasteiger partial charge >= 0.3 is 0 Å². The van der Waals surface area contributed by atoms with E-state index in [1.165, 1.54) is 37.6 Å². The SMILES string of the molecule is COc1ccc(S(=O)(=O)N(Cc2cccnc2)[C@H](CCF)C(=O)NOC(C)(C)C)cc1. The summed E-state index contributed by atoms with van der Waals surface area (Å²) in [5.74, 6) is -0.275. The third kappa shape index (κ3) is 6.98. The molecule has 1 atom stereocenters. The molecule has 1 N–H and O–H groups in total. The predicted octanol–water partition coefficient (Wildman–Crippen LogP) is 2.86. The van der Waals surface area contributed by atoms with E-state index < -0.39 is 34.2 Å². The van der Waals surface area contributed by atoms with Crippen LogP contribution in [0.1, 0.15) is 32.8 Å². The molecule has 1 aromatic heterocycles. The first kappa shape index (κ1) is 24.7. The minimum Gasteiger partial charge on any atom is -0.497 e. The normalized spacial score (nSPS) is 13.1. The number of carbonyl (C=O) groups is 1. The van der Waals surface area contributed by atoms with E-state index in [1.54, 1.807) is 39.1 Å². The summed E-state index contributed by atoms with van der Waals surface area (Å²) in [6.45, 7) is 4.10. The highest BCUT2D eigenvalue weighted by Crippen LogP contribution is 2.25. The molecule has 10 heteroatoms. The molecule has 2 rings (SSSR count). The molecular formula is C21H28FN3O5S. The topological polar surface area (TPSA) is 97.8 Å². The number of ether oxygens (including phenoxy) is 1. The Morgan fingerprint density at radius 2 is 1.90 bits per heavy atom.